The molecule has 7 heteroatoms. The van der Waals surface area contributed by atoms with Crippen LogP contribution in [0.15, 0.2) is 6.07 Å². The minimum absolute atomic E-state index is 0.639. The first-order chi connectivity index (χ1) is 10.2. The Morgan fingerprint density at radius 2 is 2.10 bits per heavy atom. The summed E-state index contributed by atoms with van der Waals surface area (Å²) in [6.45, 7) is 4.89. The van der Waals surface area contributed by atoms with Crippen molar-refractivity contribution in [3.63, 3.8) is 0 Å². The zero-order valence-corrected chi connectivity index (χ0v) is 13.5. The number of methoxy groups -OCH3 is 1. The van der Waals surface area contributed by atoms with Crippen LogP contribution < -0.4 is 10.6 Å². The molecule has 0 fully saturated rings. The number of hydrogen-bond donors (Lipinski definition) is 2. The third kappa shape index (κ3) is 4.52. The number of thiophene rings is 1. The standard InChI is InChI=1S/C14H22N4O2S/c1-10-9-11-12(16-5-4-6-20-8-7-19-3)17-14(15-2)18-13(11)21-10/h9H,4-8H2,1-3H3,(H2,15,16,17,18). The van der Waals surface area contributed by atoms with Crippen molar-refractivity contribution in [1.29, 1.82) is 0 Å². The maximum absolute atomic E-state index is 5.44. The fourth-order valence-corrected chi connectivity index (χ4v) is 2.79. The monoisotopic (exact) mass is 310 g/mol. The molecule has 0 spiro atoms. The second kappa shape index (κ2) is 8.11. The predicted molar refractivity (Wildman–Crippen MR) is 87.5 cm³/mol. The highest BCUT2D eigenvalue weighted by Crippen LogP contribution is 2.29. The molecule has 116 valence electrons. The molecule has 0 saturated heterocycles. The highest BCUT2D eigenvalue weighted by atomic mass is 32.1. The molecule has 2 heterocycles. The third-order valence-corrected chi connectivity index (χ3v) is 3.87. The number of anilines is 2. The van der Waals surface area contributed by atoms with Gasteiger partial charge < -0.3 is 20.1 Å². The molecular formula is C14H22N4O2S. The molecule has 0 unspecified atom stereocenters. The summed E-state index contributed by atoms with van der Waals surface area (Å²) in [6, 6.07) is 2.12. The van der Waals surface area contributed by atoms with Crippen LogP contribution in [0.2, 0.25) is 0 Å². The molecule has 0 aliphatic carbocycles. The van der Waals surface area contributed by atoms with Gasteiger partial charge in [-0.1, -0.05) is 0 Å². The number of aromatic nitrogens is 2. The van der Waals surface area contributed by atoms with Crippen LogP contribution in [0.5, 0.6) is 0 Å². The van der Waals surface area contributed by atoms with E-state index in [1.54, 1.807) is 18.4 Å². The molecule has 0 aliphatic rings. The van der Waals surface area contributed by atoms with Crippen molar-refractivity contribution in [3.8, 4) is 0 Å². The van der Waals surface area contributed by atoms with E-state index in [9.17, 15) is 0 Å². The van der Waals surface area contributed by atoms with Crippen LogP contribution in [-0.2, 0) is 9.47 Å². The van der Waals surface area contributed by atoms with Gasteiger partial charge in [-0.15, -0.1) is 11.3 Å². The van der Waals surface area contributed by atoms with Gasteiger partial charge in [-0.25, -0.2) is 4.98 Å². The van der Waals surface area contributed by atoms with Crippen molar-refractivity contribution in [2.24, 2.45) is 0 Å². The molecule has 0 atom stereocenters. The second-order valence-electron chi connectivity index (χ2n) is 4.61. The molecule has 2 aromatic rings. The normalized spacial score (nSPS) is 11.0. The summed E-state index contributed by atoms with van der Waals surface area (Å²) in [7, 11) is 3.50. The lowest BCUT2D eigenvalue weighted by Gasteiger charge is -2.09. The minimum Gasteiger partial charge on any atom is -0.382 e. The summed E-state index contributed by atoms with van der Waals surface area (Å²) in [5.74, 6) is 1.52. The van der Waals surface area contributed by atoms with Crippen molar-refractivity contribution >= 4 is 33.3 Å². The molecule has 2 N–H and O–H groups in total. The molecule has 0 bridgehead atoms. The van der Waals surface area contributed by atoms with Gasteiger partial charge in [0, 0.05) is 32.2 Å². The van der Waals surface area contributed by atoms with Crippen molar-refractivity contribution in [3.05, 3.63) is 10.9 Å². The summed E-state index contributed by atoms with van der Waals surface area (Å²) in [4.78, 5) is 11.2. The summed E-state index contributed by atoms with van der Waals surface area (Å²) in [5.41, 5.74) is 0. The summed E-state index contributed by atoms with van der Waals surface area (Å²) in [6.07, 6.45) is 0.924. The van der Waals surface area contributed by atoms with Crippen LogP contribution in [0.3, 0.4) is 0 Å². The molecular weight excluding hydrogens is 288 g/mol. The van der Waals surface area contributed by atoms with E-state index >= 15 is 0 Å². The van der Waals surface area contributed by atoms with E-state index in [-0.39, 0.29) is 0 Å². The SMILES string of the molecule is CNc1nc(NCCCOCCOC)c2cc(C)sc2n1. The Labute approximate surface area is 128 Å². The molecule has 21 heavy (non-hydrogen) atoms. The zero-order valence-electron chi connectivity index (χ0n) is 12.7. The molecule has 2 aromatic heterocycles. The van der Waals surface area contributed by atoms with E-state index in [2.05, 4.69) is 33.6 Å². The summed E-state index contributed by atoms with van der Waals surface area (Å²) >= 11 is 1.68. The number of ether oxygens (including phenoxy) is 2. The molecule has 2 rings (SSSR count). The first-order valence-corrected chi connectivity index (χ1v) is 7.82. The number of fused-ring (bicyclic) bond motifs is 1. The Morgan fingerprint density at radius 1 is 1.24 bits per heavy atom. The lowest BCUT2D eigenvalue weighted by atomic mass is 10.3. The lowest BCUT2D eigenvalue weighted by molar-refractivity contribution is 0.0705. The first-order valence-electron chi connectivity index (χ1n) is 7.01. The molecule has 0 aliphatic heterocycles. The van der Waals surface area contributed by atoms with Gasteiger partial charge in [0.1, 0.15) is 10.6 Å². The highest BCUT2D eigenvalue weighted by molar-refractivity contribution is 7.18. The van der Waals surface area contributed by atoms with Gasteiger partial charge in [0.2, 0.25) is 5.95 Å². The quantitative estimate of drug-likeness (QED) is 0.694. The number of nitrogens with one attached hydrogen (secondary N) is 2. The van der Waals surface area contributed by atoms with Crippen LogP contribution in [0.4, 0.5) is 11.8 Å². The highest BCUT2D eigenvalue weighted by Gasteiger charge is 2.09. The van der Waals surface area contributed by atoms with Gasteiger partial charge in [0.15, 0.2) is 0 Å². The second-order valence-corrected chi connectivity index (χ2v) is 5.84. The fourth-order valence-electron chi connectivity index (χ4n) is 1.91. The van der Waals surface area contributed by atoms with Crippen molar-refractivity contribution in [1.82, 2.24) is 9.97 Å². The number of nitrogens with zero attached hydrogens (tertiary/aromatic N) is 2. The van der Waals surface area contributed by atoms with E-state index in [4.69, 9.17) is 9.47 Å². The van der Waals surface area contributed by atoms with Crippen LogP contribution in [-0.4, -0.2) is 50.5 Å². The topological polar surface area (TPSA) is 68.3 Å². The third-order valence-electron chi connectivity index (χ3n) is 2.93. The van der Waals surface area contributed by atoms with E-state index < -0.39 is 0 Å². The Bertz CT molecular complexity index is 573. The van der Waals surface area contributed by atoms with Crippen LogP contribution in [0.25, 0.3) is 10.2 Å². The molecule has 0 saturated carbocycles. The van der Waals surface area contributed by atoms with Gasteiger partial charge in [-0.2, -0.15) is 4.98 Å². The number of aryl methyl sites for hydroxylation is 1. The first kappa shape index (κ1) is 15.9. The van der Waals surface area contributed by atoms with Gasteiger partial charge in [0.05, 0.1) is 18.6 Å². The predicted octanol–water partition coefficient (Wildman–Crippen LogP) is 2.51. The molecule has 0 amide bonds. The van der Waals surface area contributed by atoms with Crippen LogP contribution >= 0.6 is 11.3 Å². The van der Waals surface area contributed by atoms with Crippen molar-refractivity contribution in [2.45, 2.75) is 13.3 Å². The zero-order chi connectivity index (χ0) is 15.1. The Balaban J connectivity index is 1.91. The van der Waals surface area contributed by atoms with Gasteiger partial charge in [-0.3, -0.25) is 0 Å². The van der Waals surface area contributed by atoms with Crippen LogP contribution in [0.1, 0.15) is 11.3 Å². The maximum Gasteiger partial charge on any atom is 0.225 e. The average Bonchev–Trinajstić information content (AvgIpc) is 2.86. The smallest absolute Gasteiger partial charge is 0.225 e. The van der Waals surface area contributed by atoms with Gasteiger partial charge in [0.25, 0.3) is 0 Å². The fraction of sp³-hybridized carbons (Fsp3) is 0.571. The summed E-state index contributed by atoms with van der Waals surface area (Å²) in [5, 5.41) is 7.45. The number of hydrogen-bond acceptors (Lipinski definition) is 7. The Kier molecular flexibility index (Phi) is 6.16. The molecule has 0 radical (unpaired) electrons. The average molecular weight is 310 g/mol. The number of rotatable bonds is 9. The maximum atomic E-state index is 5.44. The Morgan fingerprint density at radius 3 is 2.86 bits per heavy atom. The van der Waals surface area contributed by atoms with E-state index in [1.807, 2.05) is 7.05 Å². The van der Waals surface area contributed by atoms with Gasteiger partial charge >= 0.3 is 0 Å². The Hall–Kier alpha value is -1.44. The van der Waals surface area contributed by atoms with E-state index in [1.165, 1.54) is 4.88 Å². The van der Waals surface area contributed by atoms with Crippen LogP contribution in [0, 0.1) is 6.92 Å². The summed E-state index contributed by atoms with van der Waals surface area (Å²) < 4.78 is 10.4. The molecule has 0 aromatic carbocycles. The largest absolute Gasteiger partial charge is 0.382 e. The van der Waals surface area contributed by atoms with Crippen molar-refractivity contribution in [2.75, 3.05) is 51.2 Å². The van der Waals surface area contributed by atoms with E-state index in [0.717, 1.165) is 29.0 Å². The minimum atomic E-state index is 0.639. The van der Waals surface area contributed by atoms with Gasteiger partial charge in [-0.05, 0) is 19.4 Å². The molecule has 6 nitrogen and oxygen atoms in total. The lowest BCUT2D eigenvalue weighted by Crippen LogP contribution is -2.10. The van der Waals surface area contributed by atoms with Crippen molar-refractivity contribution < 1.29 is 9.47 Å². The van der Waals surface area contributed by atoms with E-state index in [0.29, 0.717) is 25.8 Å².